The van der Waals surface area contributed by atoms with Crippen molar-refractivity contribution in [2.45, 2.75) is 19.3 Å². The number of hydrogen-bond donors (Lipinski definition) is 0. The molecule has 17 heavy (non-hydrogen) atoms. The molecule has 3 rings (SSSR count). The molecule has 86 valence electrons. The van der Waals surface area contributed by atoms with Crippen molar-refractivity contribution in [3.8, 4) is 11.5 Å². The summed E-state index contributed by atoms with van der Waals surface area (Å²) in [5.74, 6) is 0.600. The number of nitrogens with zero attached hydrogens (tertiary/aromatic N) is 3. The van der Waals surface area contributed by atoms with E-state index in [1.165, 1.54) is 0 Å². The van der Waals surface area contributed by atoms with Crippen LogP contribution >= 0.6 is 27.5 Å². The molecule has 0 spiro atoms. The maximum atomic E-state index is 6.18. The zero-order valence-electron chi connectivity index (χ0n) is 8.95. The number of aryl methyl sites for hydroxylation is 1. The minimum atomic E-state index is 0.569. The number of hydrogen-bond acceptors (Lipinski definition) is 3. The number of fused-ring (bicyclic) bond motifs is 1. The maximum Gasteiger partial charge on any atom is 0.181 e. The monoisotopic (exact) mass is 309 g/mol. The van der Waals surface area contributed by atoms with Crippen molar-refractivity contribution in [1.82, 2.24) is 15.0 Å². The van der Waals surface area contributed by atoms with Gasteiger partial charge in [-0.05, 0) is 47.3 Å². The standard InChI is InChI=1S/C12H9BrClN3/c13-8-4-2-6-15-10(8)12-16-9-5-1-3-7(9)11(14)17-12/h2,4,6H,1,3,5H2. The summed E-state index contributed by atoms with van der Waals surface area (Å²) in [6.07, 6.45) is 4.80. The van der Waals surface area contributed by atoms with Crippen molar-refractivity contribution in [3.63, 3.8) is 0 Å². The quantitative estimate of drug-likeness (QED) is 0.757. The molecule has 0 bridgehead atoms. The third-order valence-corrected chi connectivity index (χ3v) is 3.81. The van der Waals surface area contributed by atoms with Gasteiger partial charge in [-0.3, -0.25) is 4.98 Å². The SMILES string of the molecule is Clc1nc(-c2ncccc2Br)nc2c1CCC2. The highest BCUT2D eigenvalue weighted by Gasteiger charge is 2.19. The largest absolute Gasteiger partial charge is 0.252 e. The Balaban J connectivity index is 2.17. The molecule has 0 saturated heterocycles. The van der Waals surface area contributed by atoms with Gasteiger partial charge in [-0.1, -0.05) is 11.6 Å². The van der Waals surface area contributed by atoms with Gasteiger partial charge in [0.05, 0.1) is 0 Å². The predicted molar refractivity (Wildman–Crippen MR) is 70.0 cm³/mol. The van der Waals surface area contributed by atoms with E-state index in [4.69, 9.17) is 11.6 Å². The Hall–Kier alpha value is -1.00. The first kappa shape index (κ1) is 11.1. The maximum absolute atomic E-state index is 6.18. The summed E-state index contributed by atoms with van der Waals surface area (Å²) >= 11 is 9.64. The van der Waals surface area contributed by atoms with Gasteiger partial charge in [0.2, 0.25) is 0 Å². The van der Waals surface area contributed by atoms with Crippen molar-refractivity contribution >= 4 is 27.5 Å². The average Bonchev–Trinajstić information content (AvgIpc) is 2.78. The Labute approximate surface area is 112 Å². The van der Waals surface area contributed by atoms with Crippen LogP contribution in [0.3, 0.4) is 0 Å². The van der Waals surface area contributed by atoms with Gasteiger partial charge in [-0.25, -0.2) is 9.97 Å². The number of pyridine rings is 1. The normalized spacial score (nSPS) is 13.8. The van der Waals surface area contributed by atoms with E-state index in [-0.39, 0.29) is 0 Å². The average molecular weight is 311 g/mol. The molecule has 1 aliphatic carbocycles. The van der Waals surface area contributed by atoms with E-state index in [1.807, 2.05) is 12.1 Å². The van der Waals surface area contributed by atoms with Crippen molar-refractivity contribution in [2.24, 2.45) is 0 Å². The minimum Gasteiger partial charge on any atom is -0.252 e. The molecule has 0 saturated carbocycles. The van der Waals surface area contributed by atoms with Crippen molar-refractivity contribution < 1.29 is 0 Å². The van der Waals surface area contributed by atoms with Crippen molar-refractivity contribution in [1.29, 1.82) is 0 Å². The fraction of sp³-hybridized carbons (Fsp3) is 0.250. The fourth-order valence-corrected chi connectivity index (χ4v) is 2.76. The Kier molecular flexibility index (Phi) is 2.84. The van der Waals surface area contributed by atoms with Crippen LogP contribution in [-0.2, 0) is 12.8 Å². The first-order chi connectivity index (χ1) is 8.25. The lowest BCUT2D eigenvalue weighted by molar-refractivity contribution is 0.899. The summed E-state index contributed by atoms with van der Waals surface area (Å²) in [7, 11) is 0. The van der Waals surface area contributed by atoms with Crippen molar-refractivity contribution in [2.75, 3.05) is 0 Å². The van der Waals surface area contributed by atoms with E-state index < -0.39 is 0 Å². The number of halogens is 2. The van der Waals surface area contributed by atoms with Crippen LogP contribution in [0, 0.1) is 0 Å². The molecule has 0 amide bonds. The molecule has 0 atom stereocenters. The zero-order chi connectivity index (χ0) is 11.8. The van der Waals surface area contributed by atoms with Gasteiger partial charge in [0.15, 0.2) is 5.82 Å². The molecule has 0 N–H and O–H groups in total. The van der Waals surface area contributed by atoms with Crippen LogP contribution in [0.1, 0.15) is 17.7 Å². The van der Waals surface area contributed by atoms with Gasteiger partial charge in [0.1, 0.15) is 10.8 Å². The van der Waals surface area contributed by atoms with Crippen LogP contribution in [0.25, 0.3) is 11.5 Å². The molecule has 1 aliphatic rings. The van der Waals surface area contributed by atoms with E-state index in [2.05, 4.69) is 30.9 Å². The van der Waals surface area contributed by atoms with Gasteiger partial charge >= 0.3 is 0 Å². The molecule has 0 radical (unpaired) electrons. The molecule has 0 fully saturated rings. The Bertz CT molecular complexity index is 586. The van der Waals surface area contributed by atoms with E-state index >= 15 is 0 Å². The molecule has 2 heterocycles. The molecule has 0 unspecified atom stereocenters. The third-order valence-electron chi connectivity index (χ3n) is 2.85. The highest BCUT2D eigenvalue weighted by atomic mass is 79.9. The smallest absolute Gasteiger partial charge is 0.181 e. The molecule has 5 heteroatoms. The molecular weight excluding hydrogens is 302 g/mol. The third kappa shape index (κ3) is 1.96. The first-order valence-corrected chi connectivity index (χ1v) is 6.59. The highest BCUT2D eigenvalue weighted by Crippen LogP contribution is 2.30. The molecule has 2 aromatic rings. The first-order valence-electron chi connectivity index (χ1n) is 5.42. The van der Waals surface area contributed by atoms with Crippen LogP contribution < -0.4 is 0 Å². The highest BCUT2D eigenvalue weighted by molar-refractivity contribution is 9.10. The Morgan fingerprint density at radius 2 is 2.12 bits per heavy atom. The van der Waals surface area contributed by atoms with Crippen molar-refractivity contribution in [3.05, 3.63) is 39.2 Å². The van der Waals surface area contributed by atoms with Gasteiger partial charge < -0.3 is 0 Å². The van der Waals surface area contributed by atoms with Gasteiger partial charge in [-0.15, -0.1) is 0 Å². The summed E-state index contributed by atoms with van der Waals surface area (Å²) in [6, 6.07) is 3.79. The van der Waals surface area contributed by atoms with E-state index in [9.17, 15) is 0 Å². The zero-order valence-corrected chi connectivity index (χ0v) is 11.3. The molecule has 3 nitrogen and oxygen atoms in total. The fourth-order valence-electron chi connectivity index (χ4n) is 2.04. The summed E-state index contributed by atoms with van der Waals surface area (Å²) < 4.78 is 0.883. The second-order valence-corrected chi connectivity index (χ2v) is 5.16. The summed E-state index contributed by atoms with van der Waals surface area (Å²) in [6.45, 7) is 0. The lowest BCUT2D eigenvalue weighted by Crippen LogP contribution is -1.99. The minimum absolute atomic E-state index is 0.569. The summed E-state index contributed by atoms with van der Waals surface area (Å²) in [5.41, 5.74) is 2.91. The van der Waals surface area contributed by atoms with Crippen LogP contribution in [0.2, 0.25) is 5.15 Å². The number of rotatable bonds is 1. The lowest BCUT2D eigenvalue weighted by atomic mass is 10.2. The van der Waals surface area contributed by atoms with Gasteiger partial charge in [0.25, 0.3) is 0 Å². The molecule has 0 aromatic carbocycles. The van der Waals surface area contributed by atoms with E-state index in [1.54, 1.807) is 6.20 Å². The summed E-state index contributed by atoms with van der Waals surface area (Å²) in [4.78, 5) is 13.2. The summed E-state index contributed by atoms with van der Waals surface area (Å²) in [5, 5.41) is 0.569. The van der Waals surface area contributed by atoms with E-state index in [0.717, 1.165) is 40.7 Å². The molecule has 2 aromatic heterocycles. The van der Waals surface area contributed by atoms with E-state index in [0.29, 0.717) is 11.0 Å². The molecule has 0 aliphatic heterocycles. The molecular formula is C12H9BrClN3. The topological polar surface area (TPSA) is 38.7 Å². The van der Waals surface area contributed by atoms with Crippen LogP contribution in [-0.4, -0.2) is 15.0 Å². The second-order valence-electron chi connectivity index (χ2n) is 3.95. The second kappa shape index (κ2) is 4.35. The van der Waals surface area contributed by atoms with Gasteiger partial charge in [-0.2, -0.15) is 0 Å². The Morgan fingerprint density at radius 3 is 2.94 bits per heavy atom. The van der Waals surface area contributed by atoms with Crippen LogP contribution in [0.4, 0.5) is 0 Å². The number of aromatic nitrogens is 3. The van der Waals surface area contributed by atoms with Gasteiger partial charge in [0, 0.05) is 21.9 Å². The van der Waals surface area contributed by atoms with Crippen LogP contribution in [0.15, 0.2) is 22.8 Å². The van der Waals surface area contributed by atoms with Crippen LogP contribution in [0.5, 0.6) is 0 Å². The predicted octanol–water partition coefficient (Wildman–Crippen LogP) is 3.44. The Morgan fingerprint density at radius 1 is 1.24 bits per heavy atom. The lowest BCUT2D eigenvalue weighted by Gasteiger charge is -2.06.